The summed E-state index contributed by atoms with van der Waals surface area (Å²) in [5.74, 6) is -1.77. The average Bonchev–Trinajstić information content (AvgIpc) is 3.43. The third-order valence-electron chi connectivity index (χ3n) is 5.75. The Morgan fingerprint density at radius 1 is 1.06 bits per heavy atom. The Morgan fingerprint density at radius 3 is 2.24 bits per heavy atom. The molecule has 1 aliphatic rings. The zero-order valence-corrected chi connectivity index (χ0v) is 19.6. The van der Waals surface area contributed by atoms with E-state index in [0.717, 1.165) is 33.6 Å². The largest absolute Gasteiger partial charge is 0.476 e. The molecular weight excluding hydrogens is 454 g/mol. The third-order valence-corrected chi connectivity index (χ3v) is 6.60. The minimum atomic E-state index is -1.12. The standard InChI is InChI=1S/C25H25N3O5S/c1-14(2)22(23(29)26-11-21-27-20(13-34-21)24(30)31)28-25(32)33-12-19-17-9-5-3-7-15(17)16-8-4-6-10-18(16)19/h3-10,13-14,19,22H,11-12H2,1-2H3,(H,26,29)(H,28,32)(H,30,31). The van der Waals surface area contributed by atoms with Crippen molar-refractivity contribution in [1.29, 1.82) is 0 Å². The van der Waals surface area contributed by atoms with Gasteiger partial charge in [-0.15, -0.1) is 11.3 Å². The van der Waals surface area contributed by atoms with Gasteiger partial charge >= 0.3 is 12.1 Å². The van der Waals surface area contributed by atoms with E-state index < -0.39 is 24.0 Å². The van der Waals surface area contributed by atoms with E-state index in [1.165, 1.54) is 5.38 Å². The van der Waals surface area contributed by atoms with Gasteiger partial charge in [0.25, 0.3) is 0 Å². The molecule has 176 valence electrons. The Labute approximate surface area is 201 Å². The number of carboxylic acid groups (broad SMARTS) is 1. The number of ether oxygens (including phenoxy) is 1. The molecular formula is C25H25N3O5S. The Bertz CT molecular complexity index is 1180. The molecule has 0 radical (unpaired) electrons. The topological polar surface area (TPSA) is 118 Å². The molecule has 9 heteroatoms. The lowest BCUT2D eigenvalue weighted by molar-refractivity contribution is -0.124. The van der Waals surface area contributed by atoms with Gasteiger partial charge in [0.2, 0.25) is 5.91 Å². The second-order valence-electron chi connectivity index (χ2n) is 8.34. The van der Waals surface area contributed by atoms with E-state index in [9.17, 15) is 14.4 Å². The molecule has 34 heavy (non-hydrogen) atoms. The number of carbonyl (C=O) groups excluding carboxylic acids is 2. The van der Waals surface area contributed by atoms with Crippen molar-refractivity contribution in [2.75, 3.05) is 6.61 Å². The number of aromatic nitrogens is 1. The van der Waals surface area contributed by atoms with Crippen LogP contribution in [-0.2, 0) is 16.1 Å². The molecule has 0 bridgehead atoms. The van der Waals surface area contributed by atoms with Crippen LogP contribution in [0.1, 0.15) is 46.4 Å². The van der Waals surface area contributed by atoms with Crippen LogP contribution in [0.2, 0.25) is 0 Å². The van der Waals surface area contributed by atoms with E-state index in [2.05, 4.69) is 27.8 Å². The summed E-state index contributed by atoms with van der Waals surface area (Å²) < 4.78 is 5.56. The van der Waals surface area contributed by atoms with Crippen molar-refractivity contribution >= 4 is 29.3 Å². The quantitative estimate of drug-likeness (QED) is 0.449. The van der Waals surface area contributed by atoms with Crippen molar-refractivity contribution in [3.63, 3.8) is 0 Å². The molecule has 2 amide bonds. The van der Waals surface area contributed by atoms with Gasteiger partial charge in [-0.1, -0.05) is 62.4 Å². The number of thiazole rings is 1. The maximum Gasteiger partial charge on any atom is 0.407 e. The molecule has 1 unspecified atom stereocenters. The zero-order chi connectivity index (χ0) is 24.2. The van der Waals surface area contributed by atoms with E-state index in [1.807, 2.05) is 50.2 Å². The number of alkyl carbamates (subject to hydrolysis) is 1. The highest BCUT2D eigenvalue weighted by Crippen LogP contribution is 2.44. The summed E-state index contributed by atoms with van der Waals surface area (Å²) in [7, 11) is 0. The summed E-state index contributed by atoms with van der Waals surface area (Å²) in [5, 5.41) is 16.2. The third kappa shape index (κ3) is 4.94. The van der Waals surface area contributed by atoms with Crippen molar-refractivity contribution in [3.8, 4) is 11.1 Å². The van der Waals surface area contributed by atoms with Crippen molar-refractivity contribution in [1.82, 2.24) is 15.6 Å². The lowest BCUT2D eigenvalue weighted by atomic mass is 9.98. The molecule has 0 saturated heterocycles. The molecule has 0 spiro atoms. The van der Waals surface area contributed by atoms with Crippen molar-refractivity contribution in [2.45, 2.75) is 32.4 Å². The number of amides is 2. The molecule has 4 rings (SSSR count). The summed E-state index contributed by atoms with van der Waals surface area (Å²) in [6, 6.07) is 15.3. The van der Waals surface area contributed by atoms with Crippen LogP contribution in [0.3, 0.4) is 0 Å². The summed E-state index contributed by atoms with van der Waals surface area (Å²) in [6.07, 6.45) is -0.668. The van der Waals surface area contributed by atoms with Gasteiger partial charge in [-0.05, 0) is 28.2 Å². The van der Waals surface area contributed by atoms with Gasteiger partial charge in [0.15, 0.2) is 5.69 Å². The molecule has 8 nitrogen and oxygen atoms in total. The molecule has 3 aromatic rings. The van der Waals surface area contributed by atoms with Crippen LogP contribution in [0.25, 0.3) is 11.1 Å². The van der Waals surface area contributed by atoms with Crippen LogP contribution >= 0.6 is 11.3 Å². The van der Waals surface area contributed by atoms with Gasteiger partial charge in [-0.2, -0.15) is 0 Å². The predicted molar refractivity (Wildman–Crippen MR) is 128 cm³/mol. The van der Waals surface area contributed by atoms with Crippen LogP contribution < -0.4 is 10.6 Å². The molecule has 1 aliphatic carbocycles. The molecule has 1 aromatic heterocycles. The number of nitrogens with one attached hydrogen (secondary N) is 2. The van der Waals surface area contributed by atoms with Crippen molar-refractivity contribution in [2.24, 2.45) is 5.92 Å². The number of fused-ring (bicyclic) bond motifs is 3. The number of carbonyl (C=O) groups is 3. The highest BCUT2D eigenvalue weighted by atomic mass is 32.1. The first kappa shape index (κ1) is 23.4. The second-order valence-corrected chi connectivity index (χ2v) is 9.28. The van der Waals surface area contributed by atoms with Gasteiger partial charge in [0, 0.05) is 11.3 Å². The Balaban J connectivity index is 1.36. The van der Waals surface area contributed by atoms with Crippen LogP contribution in [0.15, 0.2) is 53.9 Å². The molecule has 2 aromatic carbocycles. The minimum Gasteiger partial charge on any atom is -0.476 e. The summed E-state index contributed by atoms with van der Waals surface area (Å²) in [5.41, 5.74) is 4.43. The number of benzene rings is 2. The fourth-order valence-corrected chi connectivity index (χ4v) is 4.77. The molecule has 0 fully saturated rings. The lowest BCUT2D eigenvalue weighted by Crippen LogP contribution is -2.49. The van der Waals surface area contributed by atoms with Crippen LogP contribution in [0.5, 0.6) is 0 Å². The van der Waals surface area contributed by atoms with E-state index in [-0.39, 0.29) is 30.7 Å². The van der Waals surface area contributed by atoms with Gasteiger partial charge in [-0.3, -0.25) is 4.79 Å². The first-order valence-corrected chi connectivity index (χ1v) is 11.8. The van der Waals surface area contributed by atoms with Crippen molar-refractivity contribution < 1.29 is 24.2 Å². The number of aromatic carboxylic acids is 1. The number of hydrogen-bond acceptors (Lipinski definition) is 6. The van der Waals surface area contributed by atoms with E-state index in [1.54, 1.807) is 0 Å². The summed E-state index contributed by atoms with van der Waals surface area (Å²) >= 11 is 1.15. The van der Waals surface area contributed by atoms with Crippen LogP contribution in [0.4, 0.5) is 4.79 Å². The maximum absolute atomic E-state index is 12.7. The first-order chi connectivity index (χ1) is 16.3. The number of hydrogen-bond donors (Lipinski definition) is 3. The smallest absolute Gasteiger partial charge is 0.407 e. The normalized spacial score (nSPS) is 13.1. The van der Waals surface area contributed by atoms with Gasteiger partial charge < -0.3 is 20.5 Å². The van der Waals surface area contributed by atoms with Gasteiger partial charge in [0.05, 0.1) is 6.54 Å². The Morgan fingerprint density at radius 2 is 1.68 bits per heavy atom. The number of carboxylic acids is 1. The molecule has 0 saturated carbocycles. The van der Waals surface area contributed by atoms with Gasteiger partial charge in [-0.25, -0.2) is 14.6 Å². The first-order valence-electron chi connectivity index (χ1n) is 10.9. The van der Waals surface area contributed by atoms with Crippen LogP contribution in [0, 0.1) is 5.92 Å². The summed E-state index contributed by atoms with van der Waals surface area (Å²) in [4.78, 5) is 40.2. The van der Waals surface area contributed by atoms with E-state index >= 15 is 0 Å². The fourth-order valence-electron chi connectivity index (χ4n) is 4.07. The summed E-state index contributed by atoms with van der Waals surface area (Å²) in [6.45, 7) is 3.87. The fraction of sp³-hybridized carbons (Fsp3) is 0.280. The Kier molecular flexibility index (Phi) is 6.93. The van der Waals surface area contributed by atoms with Crippen molar-refractivity contribution in [3.05, 3.63) is 75.7 Å². The highest BCUT2D eigenvalue weighted by Gasteiger charge is 2.30. The average molecular weight is 480 g/mol. The van der Waals surface area contributed by atoms with E-state index in [0.29, 0.717) is 5.01 Å². The van der Waals surface area contributed by atoms with E-state index in [4.69, 9.17) is 9.84 Å². The second kappa shape index (κ2) is 10.0. The number of nitrogens with zero attached hydrogens (tertiary/aromatic N) is 1. The SMILES string of the molecule is CC(C)C(NC(=O)OCC1c2ccccc2-c2ccccc21)C(=O)NCc1nc(C(=O)O)cs1. The predicted octanol–water partition coefficient (Wildman–Crippen LogP) is 4.02. The highest BCUT2D eigenvalue weighted by molar-refractivity contribution is 7.09. The monoisotopic (exact) mass is 479 g/mol. The molecule has 1 heterocycles. The Hall–Kier alpha value is -3.72. The van der Waals surface area contributed by atoms with Crippen LogP contribution in [-0.4, -0.2) is 40.7 Å². The zero-order valence-electron chi connectivity index (χ0n) is 18.8. The number of rotatable bonds is 8. The molecule has 3 N–H and O–H groups in total. The lowest BCUT2D eigenvalue weighted by Gasteiger charge is -2.22. The maximum atomic E-state index is 12.7. The molecule has 0 aliphatic heterocycles. The molecule has 1 atom stereocenters. The van der Waals surface area contributed by atoms with Gasteiger partial charge in [0.1, 0.15) is 17.7 Å². The minimum absolute atomic E-state index is 0.0635.